The molecule has 3 heterocycles. The van der Waals surface area contributed by atoms with Crippen LogP contribution in [0.4, 0.5) is 5.69 Å². The topological polar surface area (TPSA) is 77.2 Å². The van der Waals surface area contributed by atoms with Crippen molar-refractivity contribution < 1.29 is 4.74 Å². The van der Waals surface area contributed by atoms with Crippen LogP contribution in [0.1, 0.15) is 36.1 Å². The van der Waals surface area contributed by atoms with Crippen LogP contribution in [0.15, 0.2) is 72.9 Å². The predicted molar refractivity (Wildman–Crippen MR) is 134 cm³/mol. The van der Waals surface area contributed by atoms with Gasteiger partial charge in [-0.15, -0.1) is 0 Å². The summed E-state index contributed by atoms with van der Waals surface area (Å²) in [5, 5.41) is 0. The number of nitrogens with two attached hydrogens (primary N) is 1. The Bertz CT molecular complexity index is 1330. The third-order valence-corrected chi connectivity index (χ3v) is 6.07. The number of fused-ring (bicyclic) bond motifs is 1. The minimum atomic E-state index is 0.311. The summed E-state index contributed by atoms with van der Waals surface area (Å²) >= 11 is 0. The lowest BCUT2D eigenvalue weighted by molar-refractivity contribution is 0.0913. The van der Waals surface area contributed by atoms with Gasteiger partial charge in [-0.25, -0.2) is 15.0 Å². The number of piperidine rings is 1. The lowest BCUT2D eigenvalue weighted by atomic mass is 10.0. The summed E-state index contributed by atoms with van der Waals surface area (Å²) in [7, 11) is 0. The van der Waals surface area contributed by atoms with Crippen molar-refractivity contribution in [2.24, 2.45) is 0 Å². The van der Waals surface area contributed by atoms with Gasteiger partial charge in [-0.1, -0.05) is 54.8 Å². The molecule has 0 spiro atoms. The van der Waals surface area contributed by atoms with Crippen molar-refractivity contribution >= 4 is 16.9 Å². The minimum Gasteiger partial charge on any atom is -0.474 e. The highest BCUT2D eigenvalue weighted by Crippen LogP contribution is 2.23. The first-order valence-electron chi connectivity index (χ1n) is 11.7. The Kier molecular flexibility index (Phi) is 6.64. The van der Waals surface area contributed by atoms with Crippen LogP contribution >= 0.6 is 0 Å². The average molecular weight is 450 g/mol. The monoisotopic (exact) mass is 449 g/mol. The predicted octanol–water partition coefficient (Wildman–Crippen LogP) is 4.44. The summed E-state index contributed by atoms with van der Waals surface area (Å²) in [4.78, 5) is 16.2. The molecule has 5 rings (SSSR count). The summed E-state index contributed by atoms with van der Waals surface area (Å²) in [6, 6.07) is 22.2. The average Bonchev–Trinajstić information content (AvgIpc) is 2.88. The lowest BCUT2D eigenvalue weighted by Gasteiger charge is -2.35. The number of rotatable bonds is 5. The third kappa shape index (κ3) is 5.16. The molecule has 34 heavy (non-hydrogen) atoms. The number of benzene rings is 2. The van der Waals surface area contributed by atoms with Crippen LogP contribution in [0.5, 0.6) is 5.88 Å². The Hall–Kier alpha value is -3.95. The molecular weight excluding hydrogens is 422 g/mol. The fraction of sp³-hybridized carbons (Fsp3) is 0.250. The van der Waals surface area contributed by atoms with Gasteiger partial charge in [0.2, 0.25) is 5.88 Å². The molecule has 1 unspecified atom stereocenters. The Morgan fingerprint density at radius 2 is 1.79 bits per heavy atom. The third-order valence-electron chi connectivity index (χ3n) is 6.07. The van der Waals surface area contributed by atoms with Crippen molar-refractivity contribution in [3.63, 3.8) is 0 Å². The van der Waals surface area contributed by atoms with Gasteiger partial charge in [0.15, 0.2) is 11.3 Å². The Morgan fingerprint density at radius 3 is 2.68 bits per heavy atom. The van der Waals surface area contributed by atoms with E-state index in [1.807, 2.05) is 36.4 Å². The molecule has 4 aromatic rings. The van der Waals surface area contributed by atoms with E-state index >= 15 is 0 Å². The second kappa shape index (κ2) is 10.3. The first-order valence-corrected chi connectivity index (χ1v) is 11.7. The molecule has 1 aliphatic rings. The highest BCUT2D eigenvalue weighted by atomic mass is 16.5. The highest BCUT2D eigenvalue weighted by molar-refractivity contribution is 5.71. The number of nitrogen functional groups attached to an aromatic ring is 1. The second-order valence-corrected chi connectivity index (χ2v) is 8.48. The first-order chi connectivity index (χ1) is 16.8. The molecule has 170 valence electrons. The smallest absolute Gasteiger partial charge is 0.249 e. The van der Waals surface area contributed by atoms with Gasteiger partial charge in [0.25, 0.3) is 0 Å². The van der Waals surface area contributed by atoms with Crippen LogP contribution in [-0.4, -0.2) is 39.0 Å². The van der Waals surface area contributed by atoms with Crippen LogP contribution in [0.3, 0.4) is 0 Å². The molecular formula is C28H27N5O. The fourth-order valence-electron chi connectivity index (χ4n) is 4.25. The van der Waals surface area contributed by atoms with Gasteiger partial charge >= 0.3 is 0 Å². The van der Waals surface area contributed by atoms with Crippen molar-refractivity contribution in [2.45, 2.75) is 31.8 Å². The lowest BCUT2D eigenvalue weighted by Crippen LogP contribution is -2.42. The number of ether oxygens (including phenoxy) is 1. The number of para-hydroxylation sites is 1. The molecule has 1 aliphatic heterocycles. The van der Waals surface area contributed by atoms with Crippen molar-refractivity contribution in [2.75, 3.05) is 18.9 Å². The zero-order valence-corrected chi connectivity index (χ0v) is 19.0. The summed E-state index contributed by atoms with van der Waals surface area (Å²) in [6.07, 6.45) is 5.21. The maximum absolute atomic E-state index is 6.29. The number of nitrogens with zero attached hydrogens (tertiary/aromatic N) is 4. The van der Waals surface area contributed by atoms with E-state index in [4.69, 9.17) is 15.5 Å². The molecule has 6 heteroatoms. The largest absolute Gasteiger partial charge is 0.474 e. The zero-order valence-electron chi connectivity index (χ0n) is 19.0. The standard InChI is InChI=1S/C28H27N5O/c29-24-13-5-4-11-22(24)15-16-26-28(32-25-14-8-17-30-27(25)31-26)34-20-23-12-6-7-18-33(23)19-21-9-2-1-3-10-21/h1-5,8-11,13-14,17,23H,6-7,12,18-20,29H2. The number of pyridine rings is 1. The van der Waals surface area contributed by atoms with Gasteiger partial charge in [0.05, 0.1) is 0 Å². The summed E-state index contributed by atoms with van der Waals surface area (Å²) < 4.78 is 6.29. The maximum Gasteiger partial charge on any atom is 0.249 e. The summed E-state index contributed by atoms with van der Waals surface area (Å²) in [5.41, 5.74) is 10.5. The van der Waals surface area contributed by atoms with E-state index in [0.29, 0.717) is 41.1 Å². The van der Waals surface area contributed by atoms with Gasteiger partial charge in [0, 0.05) is 30.0 Å². The van der Waals surface area contributed by atoms with E-state index in [2.05, 4.69) is 57.0 Å². The van der Waals surface area contributed by atoms with E-state index in [1.165, 1.54) is 18.4 Å². The van der Waals surface area contributed by atoms with Gasteiger partial charge < -0.3 is 10.5 Å². The van der Waals surface area contributed by atoms with Crippen molar-refractivity contribution in [1.29, 1.82) is 0 Å². The van der Waals surface area contributed by atoms with Gasteiger partial charge in [-0.3, -0.25) is 4.90 Å². The van der Waals surface area contributed by atoms with Crippen molar-refractivity contribution in [1.82, 2.24) is 19.9 Å². The number of likely N-dealkylation sites (tertiary alicyclic amines) is 1. The van der Waals surface area contributed by atoms with Crippen LogP contribution in [0.25, 0.3) is 11.2 Å². The van der Waals surface area contributed by atoms with E-state index in [-0.39, 0.29) is 0 Å². The molecule has 1 saturated heterocycles. The summed E-state index contributed by atoms with van der Waals surface area (Å²) in [6.45, 7) is 2.52. The molecule has 1 fully saturated rings. The molecule has 0 aliphatic carbocycles. The van der Waals surface area contributed by atoms with E-state index in [0.717, 1.165) is 25.1 Å². The molecule has 0 radical (unpaired) electrons. The number of hydrogen-bond donors (Lipinski definition) is 1. The van der Waals surface area contributed by atoms with Crippen LogP contribution in [0, 0.1) is 11.8 Å². The van der Waals surface area contributed by atoms with Gasteiger partial charge in [-0.2, -0.15) is 0 Å². The molecule has 0 amide bonds. The molecule has 2 aromatic heterocycles. The highest BCUT2D eigenvalue weighted by Gasteiger charge is 2.24. The molecule has 1 atom stereocenters. The molecule has 2 aromatic carbocycles. The SMILES string of the molecule is Nc1ccccc1C#Cc1nc2ncccc2nc1OCC1CCCCN1Cc1ccccc1. The Labute approximate surface area is 199 Å². The van der Waals surface area contributed by atoms with E-state index in [1.54, 1.807) is 6.20 Å². The van der Waals surface area contributed by atoms with Crippen LogP contribution < -0.4 is 10.5 Å². The fourth-order valence-corrected chi connectivity index (χ4v) is 4.25. The Morgan fingerprint density at radius 1 is 0.941 bits per heavy atom. The maximum atomic E-state index is 6.29. The van der Waals surface area contributed by atoms with Crippen LogP contribution in [-0.2, 0) is 6.54 Å². The van der Waals surface area contributed by atoms with E-state index in [9.17, 15) is 0 Å². The van der Waals surface area contributed by atoms with Crippen LogP contribution in [0.2, 0.25) is 0 Å². The number of hydrogen-bond acceptors (Lipinski definition) is 6. The number of anilines is 1. The molecule has 2 N–H and O–H groups in total. The Balaban J connectivity index is 1.40. The second-order valence-electron chi connectivity index (χ2n) is 8.48. The van der Waals surface area contributed by atoms with Crippen molar-refractivity contribution in [3.05, 3.63) is 89.7 Å². The quantitative estimate of drug-likeness (QED) is 0.359. The summed E-state index contributed by atoms with van der Waals surface area (Å²) in [5.74, 6) is 6.67. The molecule has 0 bridgehead atoms. The zero-order chi connectivity index (χ0) is 23.2. The van der Waals surface area contributed by atoms with Gasteiger partial charge in [-0.05, 0) is 55.1 Å². The molecule has 6 nitrogen and oxygen atoms in total. The van der Waals surface area contributed by atoms with Crippen molar-refractivity contribution in [3.8, 4) is 17.7 Å². The first kappa shape index (κ1) is 21.9. The van der Waals surface area contributed by atoms with E-state index < -0.39 is 0 Å². The normalized spacial score (nSPS) is 16.1. The molecule has 0 saturated carbocycles. The number of aromatic nitrogens is 3. The van der Waals surface area contributed by atoms with Gasteiger partial charge in [0.1, 0.15) is 12.1 Å². The minimum absolute atomic E-state index is 0.311.